The largest absolute Gasteiger partial charge is 0.369 e. The maximum atomic E-state index is 6.26. The average molecular weight is 288 g/mol. The Morgan fingerprint density at radius 2 is 1.89 bits per heavy atom. The Balaban J connectivity index is 2.30. The third-order valence-corrected chi connectivity index (χ3v) is 4.11. The molecule has 2 rings (SSSR count). The molecule has 1 saturated heterocycles. The van der Waals surface area contributed by atoms with Crippen LogP contribution in [0, 0.1) is 11.8 Å². The van der Waals surface area contributed by atoms with Crippen LogP contribution in [-0.4, -0.2) is 24.6 Å². The van der Waals surface area contributed by atoms with Crippen LogP contribution < -0.4 is 10.2 Å². The van der Waals surface area contributed by atoms with Crippen LogP contribution in [0.2, 0.25) is 10.0 Å². The van der Waals surface area contributed by atoms with Gasteiger partial charge in [0.1, 0.15) is 11.6 Å². The van der Waals surface area contributed by atoms with E-state index in [2.05, 4.69) is 29.0 Å². The molecule has 1 N–H and O–H groups in total. The molecule has 1 aromatic rings. The molecule has 1 fully saturated rings. The molecule has 0 spiro atoms. The number of nitrogens with one attached hydrogen (secondary N) is 1. The van der Waals surface area contributed by atoms with Gasteiger partial charge in [-0.05, 0) is 24.8 Å². The molecule has 0 aliphatic carbocycles. The van der Waals surface area contributed by atoms with Gasteiger partial charge in [0.05, 0.1) is 10.0 Å². The molecule has 1 aromatic heterocycles. The van der Waals surface area contributed by atoms with Crippen molar-refractivity contribution in [3.63, 3.8) is 0 Å². The fraction of sp³-hybridized carbons (Fsp3) is 0.615. The molecule has 18 heavy (non-hydrogen) atoms. The first-order valence-electron chi connectivity index (χ1n) is 6.37. The zero-order valence-electron chi connectivity index (χ0n) is 11.0. The molecule has 0 aromatic carbocycles. The van der Waals surface area contributed by atoms with Gasteiger partial charge in [-0.2, -0.15) is 0 Å². The van der Waals surface area contributed by atoms with E-state index in [1.54, 1.807) is 6.07 Å². The molecular weight excluding hydrogens is 269 g/mol. The first-order chi connectivity index (χ1) is 8.52. The van der Waals surface area contributed by atoms with Crippen LogP contribution >= 0.6 is 23.2 Å². The predicted molar refractivity (Wildman–Crippen MR) is 79.0 cm³/mol. The minimum absolute atomic E-state index is 0.575. The number of hydrogen-bond acceptors (Lipinski definition) is 3. The molecule has 3 nitrogen and oxygen atoms in total. The highest BCUT2D eigenvalue weighted by molar-refractivity contribution is 6.37. The molecule has 5 heteroatoms. The molecule has 2 atom stereocenters. The predicted octanol–water partition coefficient (Wildman–Crippen LogP) is 3.91. The highest BCUT2D eigenvalue weighted by Gasteiger charge is 2.28. The van der Waals surface area contributed by atoms with Gasteiger partial charge < -0.3 is 10.2 Å². The first kappa shape index (κ1) is 13.8. The summed E-state index contributed by atoms with van der Waals surface area (Å²) in [4.78, 5) is 6.81. The second kappa shape index (κ2) is 5.54. The highest BCUT2D eigenvalue weighted by Crippen LogP contribution is 2.35. The summed E-state index contributed by atoms with van der Waals surface area (Å²) in [6.07, 6.45) is 0. The van der Waals surface area contributed by atoms with E-state index in [1.165, 1.54) is 0 Å². The highest BCUT2D eigenvalue weighted by atomic mass is 35.5. The lowest BCUT2D eigenvalue weighted by Crippen LogP contribution is -2.21. The van der Waals surface area contributed by atoms with Crippen LogP contribution in [0.1, 0.15) is 20.8 Å². The van der Waals surface area contributed by atoms with Crippen LogP contribution in [0.3, 0.4) is 0 Å². The van der Waals surface area contributed by atoms with E-state index < -0.39 is 0 Å². The van der Waals surface area contributed by atoms with Crippen molar-refractivity contribution in [1.82, 2.24) is 4.98 Å². The quantitative estimate of drug-likeness (QED) is 0.914. The fourth-order valence-corrected chi connectivity index (χ4v) is 2.82. The Morgan fingerprint density at radius 1 is 1.28 bits per heavy atom. The minimum atomic E-state index is 0.575. The van der Waals surface area contributed by atoms with E-state index in [9.17, 15) is 0 Å². The summed E-state index contributed by atoms with van der Waals surface area (Å²) in [7, 11) is 0. The molecule has 2 heterocycles. The van der Waals surface area contributed by atoms with E-state index in [0.29, 0.717) is 27.7 Å². The lowest BCUT2D eigenvalue weighted by molar-refractivity contribution is 0.494. The van der Waals surface area contributed by atoms with Crippen LogP contribution in [0.15, 0.2) is 6.07 Å². The Morgan fingerprint density at radius 3 is 2.44 bits per heavy atom. The molecule has 2 unspecified atom stereocenters. The standard InChI is InChI=1S/C13H19Cl2N3/c1-4-16-12-10(14)5-11(15)13(17-12)18-6-8(2)9(3)7-18/h5,8-9H,4,6-7H2,1-3H3,(H,16,17). The van der Waals surface area contributed by atoms with Crippen molar-refractivity contribution in [3.8, 4) is 0 Å². The fourth-order valence-electron chi connectivity index (χ4n) is 2.27. The number of pyridine rings is 1. The SMILES string of the molecule is CCNc1nc(N2CC(C)C(C)C2)c(Cl)cc1Cl. The van der Waals surface area contributed by atoms with Gasteiger partial charge >= 0.3 is 0 Å². The zero-order chi connectivity index (χ0) is 13.3. The maximum Gasteiger partial charge on any atom is 0.149 e. The Bertz CT molecular complexity index is 426. The average Bonchev–Trinajstić information content (AvgIpc) is 2.63. The summed E-state index contributed by atoms with van der Waals surface area (Å²) < 4.78 is 0. The molecule has 0 bridgehead atoms. The lowest BCUT2D eigenvalue weighted by Gasteiger charge is -2.20. The monoisotopic (exact) mass is 287 g/mol. The smallest absolute Gasteiger partial charge is 0.149 e. The minimum Gasteiger partial charge on any atom is -0.369 e. The van der Waals surface area contributed by atoms with Gasteiger partial charge in [0.15, 0.2) is 0 Å². The molecule has 100 valence electrons. The Kier molecular flexibility index (Phi) is 4.23. The van der Waals surface area contributed by atoms with Crippen molar-refractivity contribution in [2.75, 3.05) is 29.9 Å². The molecule has 0 saturated carbocycles. The maximum absolute atomic E-state index is 6.26. The number of rotatable bonds is 3. The van der Waals surface area contributed by atoms with Gasteiger partial charge in [0, 0.05) is 19.6 Å². The molecule has 0 radical (unpaired) electrons. The van der Waals surface area contributed by atoms with Crippen molar-refractivity contribution < 1.29 is 0 Å². The third-order valence-electron chi connectivity index (χ3n) is 3.54. The number of anilines is 2. The van der Waals surface area contributed by atoms with Crippen molar-refractivity contribution in [3.05, 3.63) is 16.1 Å². The summed E-state index contributed by atoms with van der Waals surface area (Å²) in [5.41, 5.74) is 0. The van der Waals surface area contributed by atoms with Crippen molar-refractivity contribution in [2.45, 2.75) is 20.8 Å². The van der Waals surface area contributed by atoms with Gasteiger partial charge in [-0.3, -0.25) is 0 Å². The number of halogens is 2. The van der Waals surface area contributed by atoms with E-state index in [0.717, 1.165) is 25.5 Å². The Labute approximate surface area is 118 Å². The molecule has 1 aliphatic rings. The van der Waals surface area contributed by atoms with E-state index >= 15 is 0 Å². The van der Waals surface area contributed by atoms with Crippen LogP contribution in [-0.2, 0) is 0 Å². The number of nitrogens with zero attached hydrogens (tertiary/aromatic N) is 2. The summed E-state index contributed by atoms with van der Waals surface area (Å²) in [6, 6.07) is 1.77. The van der Waals surface area contributed by atoms with Crippen molar-refractivity contribution in [2.24, 2.45) is 11.8 Å². The third kappa shape index (κ3) is 2.67. The Hall–Kier alpha value is -0.670. The summed E-state index contributed by atoms with van der Waals surface area (Å²) in [5.74, 6) is 2.89. The topological polar surface area (TPSA) is 28.2 Å². The van der Waals surface area contributed by atoms with Crippen LogP contribution in [0.5, 0.6) is 0 Å². The van der Waals surface area contributed by atoms with Gasteiger partial charge in [-0.1, -0.05) is 37.0 Å². The van der Waals surface area contributed by atoms with E-state index in [-0.39, 0.29) is 0 Å². The zero-order valence-corrected chi connectivity index (χ0v) is 12.5. The van der Waals surface area contributed by atoms with Gasteiger partial charge in [0.25, 0.3) is 0 Å². The molecular formula is C13H19Cl2N3. The van der Waals surface area contributed by atoms with Gasteiger partial charge in [0.2, 0.25) is 0 Å². The van der Waals surface area contributed by atoms with E-state index in [4.69, 9.17) is 23.2 Å². The van der Waals surface area contributed by atoms with Crippen molar-refractivity contribution >= 4 is 34.8 Å². The summed E-state index contributed by atoms with van der Waals surface area (Å²) in [5, 5.41) is 4.36. The molecule has 0 amide bonds. The van der Waals surface area contributed by atoms with Crippen molar-refractivity contribution in [1.29, 1.82) is 0 Å². The first-order valence-corrected chi connectivity index (χ1v) is 7.13. The summed E-state index contributed by atoms with van der Waals surface area (Å²) in [6.45, 7) is 9.34. The van der Waals surface area contributed by atoms with Gasteiger partial charge in [-0.15, -0.1) is 0 Å². The van der Waals surface area contributed by atoms with Crippen LogP contribution in [0.4, 0.5) is 11.6 Å². The van der Waals surface area contributed by atoms with E-state index in [1.807, 2.05) is 6.92 Å². The second-order valence-electron chi connectivity index (χ2n) is 5.01. The van der Waals surface area contributed by atoms with Crippen LogP contribution in [0.25, 0.3) is 0 Å². The number of aromatic nitrogens is 1. The second-order valence-corrected chi connectivity index (χ2v) is 5.83. The number of hydrogen-bond donors (Lipinski definition) is 1. The lowest BCUT2D eigenvalue weighted by atomic mass is 10.0. The van der Waals surface area contributed by atoms with Gasteiger partial charge in [-0.25, -0.2) is 4.98 Å². The normalized spacial score (nSPS) is 23.5. The molecule has 1 aliphatic heterocycles. The summed E-state index contributed by atoms with van der Waals surface area (Å²) >= 11 is 12.4.